The van der Waals surface area contributed by atoms with E-state index in [9.17, 15) is 5.11 Å². The van der Waals surface area contributed by atoms with E-state index < -0.39 is 0 Å². The van der Waals surface area contributed by atoms with Crippen LogP contribution in [-0.4, -0.2) is 5.11 Å². The highest BCUT2D eigenvalue weighted by atomic mass is 16.5. The van der Waals surface area contributed by atoms with E-state index in [0.717, 1.165) is 18.6 Å². The van der Waals surface area contributed by atoms with Gasteiger partial charge < -0.3 is 9.84 Å². The molecule has 1 aromatic carbocycles. The predicted molar refractivity (Wildman–Crippen MR) is 50.2 cm³/mol. The van der Waals surface area contributed by atoms with E-state index in [-0.39, 0.29) is 6.10 Å². The monoisotopic (exact) mass is 178 g/mol. The summed E-state index contributed by atoms with van der Waals surface area (Å²) >= 11 is 0. The summed E-state index contributed by atoms with van der Waals surface area (Å²) in [5.74, 6) is 0. The minimum atomic E-state index is -0.328. The maximum absolute atomic E-state index is 9.62. The molecule has 13 heavy (non-hydrogen) atoms. The zero-order chi connectivity index (χ0) is 9.26. The van der Waals surface area contributed by atoms with Gasteiger partial charge in [-0.1, -0.05) is 25.1 Å². The molecule has 2 nitrogen and oxygen atoms in total. The smallest absolute Gasteiger partial charge is 0.0787 e. The van der Waals surface area contributed by atoms with Gasteiger partial charge in [0.2, 0.25) is 0 Å². The zero-order valence-corrected chi connectivity index (χ0v) is 7.79. The van der Waals surface area contributed by atoms with Gasteiger partial charge in [-0.15, -0.1) is 0 Å². The van der Waals surface area contributed by atoms with Gasteiger partial charge in [0.25, 0.3) is 0 Å². The molecule has 1 atom stereocenters. The third-order valence-electron chi connectivity index (χ3n) is 2.52. The average molecular weight is 178 g/mol. The predicted octanol–water partition coefficient (Wildman–Crippen LogP) is 2.16. The van der Waals surface area contributed by atoms with Gasteiger partial charge in [-0.3, -0.25) is 0 Å². The maximum Gasteiger partial charge on any atom is 0.0787 e. The number of ether oxygens (including phenoxy) is 1. The number of hydrogen-bond acceptors (Lipinski definition) is 2. The van der Waals surface area contributed by atoms with Crippen molar-refractivity contribution in [2.45, 2.75) is 32.7 Å². The van der Waals surface area contributed by atoms with Crippen LogP contribution in [0.5, 0.6) is 0 Å². The van der Waals surface area contributed by atoms with Crippen LogP contribution in [0.3, 0.4) is 0 Å². The summed E-state index contributed by atoms with van der Waals surface area (Å²) in [6.07, 6.45) is 0.436. The van der Waals surface area contributed by atoms with E-state index in [0.29, 0.717) is 6.61 Å². The highest BCUT2D eigenvalue weighted by molar-refractivity contribution is 5.34. The topological polar surface area (TPSA) is 29.5 Å². The molecule has 0 radical (unpaired) electrons. The molecule has 1 heterocycles. The van der Waals surface area contributed by atoms with Crippen molar-refractivity contribution in [3.63, 3.8) is 0 Å². The molecule has 2 rings (SSSR count). The van der Waals surface area contributed by atoms with Crippen LogP contribution in [0.25, 0.3) is 0 Å². The molecule has 0 bridgehead atoms. The third kappa shape index (κ3) is 1.60. The van der Waals surface area contributed by atoms with E-state index in [1.165, 1.54) is 11.1 Å². The minimum Gasteiger partial charge on any atom is -0.388 e. The largest absolute Gasteiger partial charge is 0.388 e. The fourth-order valence-corrected chi connectivity index (χ4v) is 1.63. The van der Waals surface area contributed by atoms with Gasteiger partial charge in [0.05, 0.1) is 19.3 Å². The van der Waals surface area contributed by atoms with Crippen molar-refractivity contribution in [2.24, 2.45) is 0 Å². The number of aliphatic hydroxyl groups excluding tert-OH is 1. The molecule has 0 fully saturated rings. The molecule has 0 saturated carbocycles. The second-order valence-electron chi connectivity index (χ2n) is 3.44. The van der Waals surface area contributed by atoms with E-state index in [4.69, 9.17) is 4.74 Å². The molecule has 0 spiro atoms. The standard InChI is InChI=1S/C11H14O2/c1-2-11(12)8-3-4-9-6-13-7-10(9)5-8/h3-5,11-12H,2,6-7H2,1H3/t11-/m0/s1. The Morgan fingerprint density at radius 1 is 1.38 bits per heavy atom. The molecule has 1 aromatic rings. The van der Waals surface area contributed by atoms with Crippen molar-refractivity contribution < 1.29 is 9.84 Å². The lowest BCUT2D eigenvalue weighted by atomic mass is 10.0. The number of aliphatic hydroxyl groups is 1. The van der Waals surface area contributed by atoms with Crippen LogP contribution in [0, 0.1) is 0 Å². The van der Waals surface area contributed by atoms with E-state index >= 15 is 0 Å². The summed E-state index contributed by atoms with van der Waals surface area (Å²) in [6, 6.07) is 6.09. The van der Waals surface area contributed by atoms with Crippen LogP contribution in [0.4, 0.5) is 0 Å². The van der Waals surface area contributed by atoms with Gasteiger partial charge in [0.15, 0.2) is 0 Å². The van der Waals surface area contributed by atoms with E-state index in [1.807, 2.05) is 13.0 Å². The Morgan fingerprint density at radius 3 is 2.92 bits per heavy atom. The summed E-state index contributed by atoms with van der Waals surface area (Å²) < 4.78 is 5.30. The van der Waals surface area contributed by atoms with Gasteiger partial charge >= 0.3 is 0 Å². The van der Waals surface area contributed by atoms with Gasteiger partial charge in [-0.25, -0.2) is 0 Å². The summed E-state index contributed by atoms with van der Waals surface area (Å²) in [7, 11) is 0. The third-order valence-corrected chi connectivity index (χ3v) is 2.52. The van der Waals surface area contributed by atoms with Gasteiger partial charge in [-0.05, 0) is 23.1 Å². The van der Waals surface area contributed by atoms with Crippen LogP contribution in [-0.2, 0) is 18.0 Å². The second kappa shape index (κ2) is 3.48. The van der Waals surface area contributed by atoms with Crippen molar-refractivity contribution >= 4 is 0 Å². The molecule has 1 N–H and O–H groups in total. The SMILES string of the molecule is CC[C@H](O)c1ccc2c(c1)COC2. The number of fused-ring (bicyclic) bond motifs is 1. The van der Waals surface area contributed by atoms with Crippen LogP contribution >= 0.6 is 0 Å². The van der Waals surface area contributed by atoms with Crippen molar-refractivity contribution in [1.82, 2.24) is 0 Å². The highest BCUT2D eigenvalue weighted by Crippen LogP contribution is 2.24. The summed E-state index contributed by atoms with van der Waals surface area (Å²) in [5, 5.41) is 9.62. The normalized spacial score (nSPS) is 17.1. The first-order chi connectivity index (χ1) is 6.31. The Bertz CT molecular complexity index is 307. The first-order valence-corrected chi connectivity index (χ1v) is 4.68. The molecule has 0 amide bonds. The minimum absolute atomic E-state index is 0.328. The lowest BCUT2D eigenvalue weighted by Gasteiger charge is -2.08. The average Bonchev–Trinajstić information content (AvgIpc) is 2.63. The van der Waals surface area contributed by atoms with Crippen LogP contribution in [0.15, 0.2) is 18.2 Å². The molecule has 1 aliphatic heterocycles. The molecule has 0 unspecified atom stereocenters. The fraction of sp³-hybridized carbons (Fsp3) is 0.455. The first-order valence-electron chi connectivity index (χ1n) is 4.68. The number of benzene rings is 1. The Kier molecular flexibility index (Phi) is 2.34. The molecule has 0 saturated heterocycles. The molecular formula is C11H14O2. The lowest BCUT2D eigenvalue weighted by Crippen LogP contribution is -1.96. The van der Waals surface area contributed by atoms with E-state index in [2.05, 4.69) is 12.1 Å². The molecule has 0 aromatic heterocycles. The Balaban J connectivity index is 2.30. The molecule has 0 aliphatic carbocycles. The molecule has 2 heteroatoms. The molecular weight excluding hydrogens is 164 g/mol. The lowest BCUT2D eigenvalue weighted by molar-refractivity contribution is 0.134. The van der Waals surface area contributed by atoms with Crippen LogP contribution < -0.4 is 0 Å². The van der Waals surface area contributed by atoms with Crippen LogP contribution in [0.2, 0.25) is 0 Å². The van der Waals surface area contributed by atoms with Crippen molar-refractivity contribution in [1.29, 1.82) is 0 Å². The summed E-state index contributed by atoms with van der Waals surface area (Å²) in [6.45, 7) is 3.39. The second-order valence-corrected chi connectivity index (χ2v) is 3.44. The van der Waals surface area contributed by atoms with Crippen molar-refractivity contribution in [3.05, 3.63) is 34.9 Å². The van der Waals surface area contributed by atoms with Crippen molar-refractivity contribution in [2.75, 3.05) is 0 Å². The summed E-state index contributed by atoms with van der Waals surface area (Å²) in [4.78, 5) is 0. The van der Waals surface area contributed by atoms with Gasteiger partial charge in [0.1, 0.15) is 0 Å². The highest BCUT2D eigenvalue weighted by Gasteiger charge is 2.13. The molecule has 1 aliphatic rings. The van der Waals surface area contributed by atoms with Gasteiger partial charge in [0, 0.05) is 0 Å². The quantitative estimate of drug-likeness (QED) is 0.752. The Hall–Kier alpha value is -0.860. The zero-order valence-electron chi connectivity index (χ0n) is 7.79. The summed E-state index contributed by atoms with van der Waals surface area (Å²) in [5.41, 5.74) is 3.49. The Morgan fingerprint density at radius 2 is 2.15 bits per heavy atom. The van der Waals surface area contributed by atoms with Crippen molar-refractivity contribution in [3.8, 4) is 0 Å². The first kappa shape index (κ1) is 8.73. The Labute approximate surface area is 78.2 Å². The van der Waals surface area contributed by atoms with Gasteiger partial charge in [-0.2, -0.15) is 0 Å². The number of hydrogen-bond donors (Lipinski definition) is 1. The van der Waals surface area contributed by atoms with E-state index in [1.54, 1.807) is 0 Å². The van der Waals surface area contributed by atoms with Crippen LogP contribution in [0.1, 0.15) is 36.1 Å². The fourth-order valence-electron chi connectivity index (χ4n) is 1.63. The number of rotatable bonds is 2. The maximum atomic E-state index is 9.62. The molecule has 70 valence electrons.